The van der Waals surface area contributed by atoms with E-state index in [4.69, 9.17) is 4.74 Å². The smallest absolute Gasteiger partial charge is 0.341 e. The monoisotopic (exact) mass is 278 g/mol. The molecule has 0 spiro atoms. The molecule has 0 unspecified atom stereocenters. The summed E-state index contributed by atoms with van der Waals surface area (Å²) in [6.45, 7) is 7.14. The number of ether oxygens (including phenoxy) is 1. The van der Waals surface area contributed by atoms with Crippen LogP contribution in [-0.4, -0.2) is 47.2 Å². The quantitative estimate of drug-likeness (QED) is 0.895. The fraction of sp³-hybridized carbons (Fsp3) is 0.600. The van der Waals surface area contributed by atoms with Gasteiger partial charge in [0.05, 0.1) is 5.69 Å². The van der Waals surface area contributed by atoms with Crippen molar-refractivity contribution in [1.29, 1.82) is 0 Å². The number of likely N-dealkylation sites (tertiary alicyclic amines) is 1. The summed E-state index contributed by atoms with van der Waals surface area (Å²) in [6, 6.07) is 1.70. The lowest BCUT2D eigenvalue weighted by atomic mass is 10.1. The van der Waals surface area contributed by atoms with Crippen molar-refractivity contribution in [3.8, 4) is 5.75 Å². The molecule has 1 aliphatic heterocycles. The lowest BCUT2D eigenvalue weighted by Crippen LogP contribution is -2.33. The number of rotatable bonds is 5. The lowest BCUT2D eigenvalue weighted by molar-refractivity contribution is 0.0690. The zero-order chi connectivity index (χ0) is 14.5. The van der Waals surface area contributed by atoms with Gasteiger partial charge in [-0.15, -0.1) is 0 Å². The minimum absolute atomic E-state index is 0.175. The van der Waals surface area contributed by atoms with Crippen LogP contribution in [0.2, 0.25) is 0 Å². The van der Waals surface area contributed by atoms with Gasteiger partial charge in [-0.2, -0.15) is 0 Å². The molecule has 1 aromatic heterocycles. The van der Waals surface area contributed by atoms with Crippen LogP contribution in [0.25, 0.3) is 0 Å². The Morgan fingerprint density at radius 3 is 2.70 bits per heavy atom. The van der Waals surface area contributed by atoms with Gasteiger partial charge in [-0.25, -0.2) is 4.79 Å². The molecule has 2 rings (SSSR count). The van der Waals surface area contributed by atoms with Crippen molar-refractivity contribution in [3.63, 3.8) is 0 Å². The molecule has 0 aromatic carbocycles. The van der Waals surface area contributed by atoms with Crippen LogP contribution in [-0.2, 0) is 0 Å². The summed E-state index contributed by atoms with van der Waals surface area (Å²) in [6.07, 6.45) is 3.80. The number of pyridine rings is 1. The number of nitrogens with zero attached hydrogens (tertiary/aromatic N) is 2. The van der Waals surface area contributed by atoms with E-state index in [0.29, 0.717) is 18.1 Å². The van der Waals surface area contributed by atoms with E-state index in [1.54, 1.807) is 13.0 Å². The maximum absolute atomic E-state index is 11.3. The number of hydrogen-bond acceptors (Lipinski definition) is 4. The first-order chi connectivity index (χ1) is 9.58. The first-order valence-corrected chi connectivity index (χ1v) is 7.14. The molecule has 0 bridgehead atoms. The summed E-state index contributed by atoms with van der Waals surface area (Å²) in [5, 5.41) is 9.26. The summed E-state index contributed by atoms with van der Waals surface area (Å²) in [4.78, 5) is 17.8. The van der Waals surface area contributed by atoms with E-state index in [-0.39, 0.29) is 5.56 Å². The summed E-state index contributed by atoms with van der Waals surface area (Å²) < 4.78 is 5.70. The number of carboxylic acids is 1. The zero-order valence-corrected chi connectivity index (χ0v) is 12.2. The number of hydrogen-bond donors (Lipinski definition) is 1. The fourth-order valence-corrected chi connectivity index (χ4v) is 2.63. The van der Waals surface area contributed by atoms with Gasteiger partial charge >= 0.3 is 5.97 Å². The number of carbonyl (C=O) groups is 1. The highest BCUT2D eigenvalue weighted by Crippen LogP contribution is 2.22. The molecule has 1 N–H and O–H groups in total. The maximum atomic E-state index is 11.3. The van der Waals surface area contributed by atoms with Crippen molar-refractivity contribution in [2.45, 2.75) is 33.1 Å². The van der Waals surface area contributed by atoms with E-state index >= 15 is 0 Å². The third-order valence-corrected chi connectivity index (χ3v) is 3.62. The second-order valence-corrected chi connectivity index (χ2v) is 5.28. The lowest BCUT2D eigenvalue weighted by Gasteiger charge is -2.26. The molecule has 2 heterocycles. The number of carboxylic acid groups (broad SMARTS) is 1. The van der Waals surface area contributed by atoms with Crippen LogP contribution in [0.3, 0.4) is 0 Å². The molecule has 1 saturated heterocycles. The zero-order valence-electron chi connectivity index (χ0n) is 12.2. The number of piperidine rings is 1. The highest BCUT2D eigenvalue weighted by atomic mass is 16.5. The van der Waals surface area contributed by atoms with Crippen LogP contribution in [0.15, 0.2) is 6.07 Å². The van der Waals surface area contributed by atoms with Crippen LogP contribution in [0.1, 0.15) is 41.0 Å². The minimum atomic E-state index is -0.983. The average Bonchev–Trinajstić information content (AvgIpc) is 2.38. The van der Waals surface area contributed by atoms with E-state index in [1.165, 1.54) is 19.3 Å². The predicted molar refractivity (Wildman–Crippen MR) is 76.5 cm³/mol. The summed E-state index contributed by atoms with van der Waals surface area (Å²) in [7, 11) is 0. The second kappa shape index (κ2) is 6.70. The SMILES string of the molecule is Cc1cc(OCCN2CCCCC2)c(C(=O)O)c(C)n1. The van der Waals surface area contributed by atoms with Crippen LogP contribution in [0.4, 0.5) is 0 Å². The Kier molecular flexibility index (Phi) is 4.95. The van der Waals surface area contributed by atoms with E-state index in [9.17, 15) is 9.90 Å². The topological polar surface area (TPSA) is 62.7 Å². The van der Waals surface area contributed by atoms with Crippen LogP contribution >= 0.6 is 0 Å². The molecule has 1 aliphatic rings. The summed E-state index contributed by atoms with van der Waals surface area (Å²) >= 11 is 0. The molecule has 110 valence electrons. The first kappa shape index (κ1) is 14.8. The number of aryl methyl sites for hydroxylation is 2. The van der Waals surface area contributed by atoms with Gasteiger partial charge in [-0.1, -0.05) is 6.42 Å². The van der Waals surface area contributed by atoms with Crippen molar-refractivity contribution in [1.82, 2.24) is 9.88 Å². The summed E-state index contributed by atoms with van der Waals surface area (Å²) in [5.41, 5.74) is 1.46. The van der Waals surface area contributed by atoms with Gasteiger partial charge in [0, 0.05) is 18.3 Å². The van der Waals surface area contributed by atoms with Crippen LogP contribution < -0.4 is 4.74 Å². The standard InChI is InChI=1S/C15H22N2O3/c1-11-10-13(14(15(18)19)12(2)16-11)20-9-8-17-6-4-3-5-7-17/h10H,3-9H2,1-2H3,(H,18,19). The molecular weight excluding hydrogens is 256 g/mol. The van der Waals surface area contributed by atoms with Crippen LogP contribution in [0.5, 0.6) is 5.75 Å². The third kappa shape index (κ3) is 3.70. The Morgan fingerprint density at radius 1 is 1.35 bits per heavy atom. The van der Waals surface area contributed by atoms with Gasteiger partial charge in [0.2, 0.25) is 0 Å². The van der Waals surface area contributed by atoms with Crippen molar-refractivity contribution in [3.05, 3.63) is 23.0 Å². The second-order valence-electron chi connectivity index (χ2n) is 5.28. The molecule has 0 atom stereocenters. The highest BCUT2D eigenvalue weighted by molar-refractivity contribution is 5.92. The van der Waals surface area contributed by atoms with E-state index in [2.05, 4.69) is 9.88 Å². The summed E-state index contributed by atoms with van der Waals surface area (Å²) in [5.74, 6) is -0.553. The number of aromatic carboxylic acids is 1. The van der Waals surface area contributed by atoms with Gasteiger partial charge < -0.3 is 9.84 Å². The predicted octanol–water partition coefficient (Wildman–Crippen LogP) is 2.26. The molecular formula is C15H22N2O3. The largest absolute Gasteiger partial charge is 0.491 e. The van der Waals surface area contributed by atoms with Crippen molar-refractivity contribution < 1.29 is 14.6 Å². The molecule has 5 nitrogen and oxygen atoms in total. The third-order valence-electron chi connectivity index (χ3n) is 3.62. The highest BCUT2D eigenvalue weighted by Gasteiger charge is 2.17. The van der Waals surface area contributed by atoms with Gasteiger partial charge in [0.25, 0.3) is 0 Å². The van der Waals surface area contributed by atoms with Gasteiger partial charge in [-0.3, -0.25) is 9.88 Å². The minimum Gasteiger partial charge on any atom is -0.491 e. The van der Waals surface area contributed by atoms with Gasteiger partial charge in [0.15, 0.2) is 0 Å². The molecule has 0 aliphatic carbocycles. The Hall–Kier alpha value is -1.62. The Bertz CT molecular complexity index is 482. The van der Waals surface area contributed by atoms with E-state index in [0.717, 1.165) is 25.3 Å². The number of aromatic nitrogens is 1. The van der Waals surface area contributed by atoms with Gasteiger partial charge in [-0.05, 0) is 39.8 Å². The molecule has 1 fully saturated rings. The van der Waals surface area contributed by atoms with Crippen LogP contribution in [0, 0.1) is 13.8 Å². The van der Waals surface area contributed by atoms with Gasteiger partial charge in [0.1, 0.15) is 17.9 Å². The molecule has 20 heavy (non-hydrogen) atoms. The maximum Gasteiger partial charge on any atom is 0.341 e. The molecule has 0 amide bonds. The van der Waals surface area contributed by atoms with E-state index in [1.807, 2.05) is 6.92 Å². The Morgan fingerprint density at radius 2 is 2.05 bits per heavy atom. The Labute approximate surface area is 119 Å². The molecule has 0 saturated carbocycles. The normalized spacial score (nSPS) is 16.1. The molecule has 5 heteroatoms. The Balaban J connectivity index is 1.99. The van der Waals surface area contributed by atoms with E-state index < -0.39 is 5.97 Å². The first-order valence-electron chi connectivity index (χ1n) is 7.14. The molecule has 1 aromatic rings. The molecule has 0 radical (unpaired) electrons. The van der Waals surface area contributed by atoms with Crippen molar-refractivity contribution in [2.75, 3.05) is 26.2 Å². The fourth-order valence-electron chi connectivity index (χ4n) is 2.63. The average molecular weight is 278 g/mol. The van der Waals surface area contributed by atoms with Crippen molar-refractivity contribution in [2.24, 2.45) is 0 Å². The van der Waals surface area contributed by atoms with Crippen molar-refractivity contribution >= 4 is 5.97 Å².